The fourth-order valence-electron chi connectivity index (χ4n) is 10.9. The Hall–Kier alpha value is -1.16. The number of Topliss-reactive ketones (excluding diaryl/α,β-unsaturated/α-hetero) is 1. The topological polar surface area (TPSA) is 74.6 Å². The summed E-state index contributed by atoms with van der Waals surface area (Å²) in [5.74, 6) is 0.656. The van der Waals surface area contributed by atoms with E-state index in [9.17, 15) is 19.8 Å². The fraction of sp³-hybridized carbons (Fsp3) is 0.867. The van der Waals surface area contributed by atoms with Crippen LogP contribution in [0.1, 0.15) is 106 Å². The Kier molecular flexibility index (Phi) is 5.20. The molecule has 0 aliphatic heterocycles. The van der Waals surface area contributed by atoms with E-state index in [1.54, 1.807) is 0 Å². The predicted octanol–water partition coefficient (Wildman–Crippen LogP) is 6.41. The van der Waals surface area contributed by atoms with Crippen molar-refractivity contribution in [3.05, 3.63) is 11.1 Å². The van der Waals surface area contributed by atoms with Crippen LogP contribution >= 0.6 is 0 Å². The normalized spacial score (nSPS) is 49.9. The number of aliphatic hydroxyl groups is 1. The molecule has 4 nitrogen and oxygen atoms in total. The maximum absolute atomic E-state index is 13.2. The number of carbonyl (C=O) groups is 2. The summed E-state index contributed by atoms with van der Waals surface area (Å²) < 4.78 is 0. The van der Waals surface area contributed by atoms with Gasteiger partial charge in [-0.2, -0.15) is 0 Å². The average Bonchev–Trinajstić information content (AvgIpc) is 3.05. The van der Waals surface area contributed by atoms with Gasteiger partial charge in [0.05, 0.1) is 11.5 Å². The molecule has 0 aromatic rings. The van der Waals surface area contributed by atoms with Crippen LogP contribution in [0.4, 0.5) is 0 Å². The van der Waals surface area contributed by atoms with Crippen molar-refractivity contribution in [2.75, 3.05) is 0 Å². The minimum Gasteiger partial charge on any atom is -0.481 e. The molecule has 4 saturated carbocycles. The summed E-state index contributed by atoms with van der Waals surface area (Å²) in [6.45, 7) is 16.2. The predicted molar refractivity (Wildman–Crippen MR) is 133 cm³/mol. The van der Waals surface area contributed by atoms with E-state index in [4.69, 9.17) is 0 Å². The third kappa shape index (κ3) is 2.70. The second kappa shape index (κ2) is 7.20. The molecule has 4 fully saturated rings. The molecule has 190 valence electrons. The SMILES string of the molecule is CC(C)C1=C2C3CCC4C5(C)CC[C@H](O)C(C)(C)C5CCC4(C)C3(C)CCC2(C(=O)O)CC1=O. The van der Waals surface area contributed by atoms with E-state index < -0.39 is 11.4 Å². The van der Waals surface area contributed by atoms with Gasteiger partial charge in [-0.15, -0.1) is 0 Å². The summed E-state index contributed by atoms with van der Waals surface area (Å²) >= 11 is 0. The molecule has 7 unspecified atom stereocenters. The quantitative estimate of drug-likeness (QED) is 0.489. The van der Waals surface area contributed by atoms with E-state index in [1.165, 1.54) is 0 Å². The number of hydrogen-bond acceptors (Lipinski definition) is 3. The van der Waals surface area contributed by atoms with E-state index in [-0.39, 0.29) is 51.8 Å². The molecule has 0 spiro atoms. The Balaban J connectivity index is 1.62. The standard InChI is InChI=1S/C30H46O4/c1-17(2)23-19(31)16-30(25(33)34)15-14-28(6)18(24(23)30)8-9-21-27(5)12-11-22(32)26(3,4)20(27)10-13-29(21,28)7/h17-18,20-22,32H,8-16H2,1-7H3,(H,33,34)/t18?,20?,21?,22-,27?,28?,29?,30?/m0/s1. The second-order valence-electron chi connectivity index (χ2n) is 14.5. The molecule has 0 bridgehead atoms. The highest BCUT2D eigenvalue weighted by atomic mass is 16.4. The van der Waals surface area contributed by atoms with Gasteiger partial charge in [-0.1, -0.05) is 48.5 Å². The summed E-state index contributed by atoms with van der Waals surface area (Å²) in [6.07, 6.45) is 7.77. The molecule has 0 aromatic carbocycles. The lowest BCUT2D eigenvalue weighted by molar-refractivity contribution is -0.228. The fourth-order valence-corrected chi connectivity index (χ4v) is 10.9. The van der Waals surface area contributed by atoms with Crippen molar-refractivity contribution < 1.29 is 19.8 Å². The first-order valence-corrected chi connectivity index (χ1v) is 13.9. The number of allylic oxidation sites excluding steroid dienone is 1. The zero-order valence-electron chi connectivity index (χ0n) is 22.5. The molecule has 5 aliphatic rings. The van der Waals surface area contributed by atoms with Gasteiger partial charge in [0, 0.05) is 6.42 Å². The van der Waals surface area contributed by atoms with Crippen LogP contribution in [-0.4, -0.2) is 28.1 Å². The van der Waals surface area contributed by atoms with Crippen molar-refractivity contribution in [3.8, 4) is 0 Å². The van der Waals surface area contributed by atoms with E-state index in [1.807, 2.05) is 0 Å². The van der Waals surface area contributed by atoms with Crippen LogP contribution in [0.25, 0.3) is 0 Å². The molecule has 0 radical (unpaired) electrons. The van der Waals surface area contributed by atoms with Crippen molar-refractivity contribution >= 4 is 11.8 Å². The lowest BCUT2D eigenvalue weighted by atomic mass is 9.33. The van der Waals surface area contributed by atoms with E-state index >= 15 is 0 Å². The molecule has 0 aromatic heterocycles. The Bertz CT molecular complexity index is 961. The van der Waals surface area contributed by atoms with Gasteiger partial charge in [0.2, 0.25) is 0 Å². The van der Waals surface area contributed by atoms with Gasteiger partial charge < -0.3 is 10.2 Å². The summed E-state index contributed by atoms with van der Waals surface area (Å²) in [5, 5.41) is 21.3. The first-order chi connectivity index (χ1) is 15.7. The zero-order valence-corrected chi connectivity index (χ0v) is 22.5. The lowest BCUT2D eigenvalue weighted by Gasteiger charge is -2.71. The number of carbonyl (C=O) groups excluding carboxylic acids is 1. The third-order valence-electron chi connectivity index (χ3n) is 12.8. The molecule has 2 N–H and O–H groups in total. The van der Waals surface area contributed by atoms with Gasteiger partial charge in [0.15, 0.2) is 5.78 Å². The summed E-state index contributed by atoms with van der Waals surface area (Å²) in [7, 11) is 0. The number of ketones is 1. The summed E-state index contributed by atoms with van der Waals surface area (Å²) in [5.41, 5.74) is 1.16. The van der Waals surface area contributed by atoms with E-state index in [0.717, 1.165) is 56.1 Å². The highest BCUT2D eigenvalue weighted by molar-refractivity contribution is 6.05. The second-order valence-corrected chi connectivity index (χ2v) is 14.5. The Morgan fingerprint density at radius 2 is 1.56 bits per heavy atom. The lowest BCUT2D eigenvalue weighted by Crippen LogP contribution is -2.65. The zero-order chi connectivity index (χ0) is 25.1. The van der Waals surface area contributed by atoms with E-state index in [2.05, 4.69) is 48.5 Å². The average molecular weight is 471 g/mol. The van der Waals surface area contributed by atoms with Crippen LogP contribution in [-0.2, 0) is 9.59 Å². The molecule has 5 rings (SSSR count). The number of rotatable bonds is 2. The van der Waals surface area contributed by atoms with E-state index in [0.29, 0.717) is 18.3 Å². The van der Waals surface area contributed by atoms with Gasteiger partial charge in [0.25, 0.3) is 0 Å². The van der Waals surface area contributed by atoms with Crippen LogP contribution in [0.5, 0.6) is 0 Å². The van der Waals surface area contributed by atoms with Crippen molar-refractivity contribution in [1.82, 2.24) is 0 Å². The molecule has 8 atom stereocenters. The van der Waals surface area contributed by atoms with Crippen molar-refractivity contribution in [1.29, 1.82) is 0 Å². The largest absolute Gasteiger partial charge is 0.481 e. The number of carboxylic acids is 1. The molecule has 0 amide bonds. The van der Waals surface area contributed by atoms with Crippen LogP contribution in [0.3, 0.4) is 0 Å². The number of hydrogen-bond donors (Lipinski definition) is 2. The maximum Gasteiger partial charge on any atom is 0.314 e. The number of carboxylic acid groups (broad SMARTS) is 1. The highest BCUT2D eigenvalue weighted by Gasteiger charge is 2.70. The first-order valence-electron chi connectivity index (χ1n) is 13.9. The van der Waals surface area contributed by atoms with Gasteiger partial charge in [-0.25, -0.2) is 0 Å². The van der Waals surface area contributed by atoms with Crippen molar-refractivity contribution in [3.63, 3.8) is 0 Å². The minimum atomic E-state index is -0.970. The monoisotopic (exact) mass is 470 g/mol. The van der Waals surface area contributed by atoms with Crippen molar-refractivity contribution in [2.45, 2.75) is 112 Å². The Labute approximate surface area is 206 Å². The molecular weight excluding hydrogens is 424 g/mol. The summed E-state index contributed by atoms with van der Waals surface area (Å²) in [6, 6.07) is 0. The van der Waals surface area contributed by atoms with Crippen LogP contribution in [0.2, 0.25) is 0 Å². The van der Waals surface area contributed by atoms with Gasteiger partial charge in [-0.3, -0.25) is 9.59 Å². The Morgan fingerprint density at radius 3 is 2.18 bits per heavy atom. The number of aliphatic carboxylic acids is 1. The smallest absolute Gasteiger partial charge is 0.314 e. The van der Waals surface area contributed by atoms with Gasteiger partial charge in [0.1, 0.15) is 0 Å². The number of aliphatic hydroxyl groups excluding tert-OH is 1. The highest BCUT2D eigenvalue weighted by Crippen LogP contribution is 2.76. The molecular formula is C30H46O4. The first kappa shape index (κ1) is 24.5. The minimum absolute atomic E-state index is 0.00312. The van der Waals surface area contributed by atoms with Gasteiger partial charge >= 0.3 is 5.97 Å². The van der Waals surface area contributed by atoms with Crippen LogP contribution in [0.15, 0.2) is 11.1 Å². The Morgan fingerprint density at radius 1 is 0.882 bits per heavy atom. The van der Waals surface area contributed by atoms with Crippen LogP contribution < -0.4 is 0 Å². The molecule has 5 aliphatic carbocycles. The summed E-state index contributed by atoms with van der Waals surface area (Å²) in [4.78, 5) is 26.0. The molecule has 34 heavy (non-hydrogen) atoms. The van der Waals surface area contributed by atoms with Gasteiger partial charge in [-0.05, 0) is 108 Å². The number of fused-ring (bicyclic) bond motifs is 7. The molecule has 0 heterocycles. The van der Waals surface area contributed by atoms with Crippen molar-refractivity contribution in [2.24, 2.45) is 50.7 Å². The van der Waals surface area contributed by atoms with Crippen LogP contribution in [0, 0.1) is 50.7 Å². The third-order valence-corrected chi connectivity index (χ3v) is 12.8. The molecule has 0 saturated heterocycles. The maximum atomic E-state index is 13.2. The molecule has 4 heteroatoms.